The molecule has 0 saturated carbocycles. The van der Waals surface area contributed by atoms with Crippen LogP contribution >= 0.6 is 0 Å². The first-order valence-electron chi connectivity index (χ1n) is 16.1. The van der Waals surface area contributed by atoms with Crippen LogP contribution in [0.5, 0.6) is 0 Å². The SMILES string of the molecule is CC(C)c1c2cc3c4ccccc4c4cccc(c2c(-c2ccccc2)c2c5cccc6c(-c7ccccc7)ccc(c12)c65)c43. The summed E-state index contributed by atoms with van der Waals surface area (Å²) in [6.07, 6.45) is 0. The molecule has 0 aliphatic carbocycles. The highest BCUT2D eigenvalue weighted by Crippen LogP contribution is 2.54. The van der Waals surface area contributed by atoms with Gasteiger partial charge in [-0.2, -0.15) is 0 Å². The van der Waals surface area contributed by atoms with E-state index in [9.17, 15) is 0 Å². The molecule has 0 N–H and O–H groups in total. The van der Waals surface area contributed by atoms with Crippen molar-refractivity contribution in [3.05, 3.63) is 145 Å². The van der Waals surface area contributed by atoms with E-state index in [1.165, 1.54) is 103 Å². The number of hydrogen-bond donors (Lipinski definition) is 0. The fourth-order valence-corrected chi connectivity index (χ4v) is 8.61. The van der Waals surface area contributed by atoms with Gasteiger partial charge in [-0.15, -0.1) is 0 Å². The van der Waals surface area contributed by atoms with Crippen molar-refractivity contribution >= 4 is 75.4 Å². The number of benzene rings is 8. The predicted molar refractivity (Wildman–Crippen MR) is 196 cm³/mol. The molecule has 10 rings (SSSR count). The Labute approximate surface area is 261 Å². The van der Waals surface area contributed by atoms with Gasteiger partial charge in [0.15, 0.2) is 0 Å². The third kappa shape index (κ3) is 3.21. The van der Waals surface area contributed by atoms with Gasteiger partial charge in [0.2, 0.25) is 0 Å². The maximum Gasteiger partial charge on any atom is -0.00106 e. The Morgan fingerprint density at radius 3 is 1.58 bits per heavy atom. The van der Waals surface area contributed by atoms with Crippen molar-refractivity contribution in [3.63, 3.8) is 0 Å². The standard InChI is InChI=1S/C45H30/c1-26(2)39-38-25-37-31-18-10-9-17-30(31)33-20-12-21-34(42(33)37)43(38)40(28-15-7-4-8-16-28)45-35-22-11-19-32-29(27-13-5-3-6-14-27)23-24-36(41(32)35)44(39)45/h3-26H,1-2H3. The van der Waals surface area contributed by atoms with Gasteiger partial charge >= 0.3 is 0 Å². The van der Waals surface area contributed by atoms with Gasteiger partial charge in [0.1, 0.15) is 0 Å². The first-order valence-corrected chi connectivity index (χ1v) is 16.1. The van der Waals surface area contributed by atoms with E-state index in [2.05, 4.69) is 153 Å². The summed E-state index contributed by atoms with van der Waals surface area (Å²) in [6, 6.07) is 52.1. The molecule has 210 valence electrons. The van der Waals surface area contributed by atoms with Gasteiger partial charge < -0.3 is 0 Å². The Morgan fingerprint density at radius 1 is 0.333 bits per heavy atom. The van der Waals surface area contributed by atoms with Crippen LogP contribution in [0.1, 0.15) is 25.3 Å². The van der Waals surface area contributed by atoms with E-state index in [1.54, 1.807) is 0 Å². The molecule has 0 heterocycles. The topological polar surface area (TPSA) is 0 Å². The molecule has 0 spiro atoms. The van der Waals surface area contributed by atoms with Crippen LogP contribution in [0.3, 0.4) is 0 Å². The Kier molecular flexibility index (Phi) is 5.00. The number of rotatable bonds is 3. The molecule has 0 heteroatoms. The van der Waals surface area contributed by atoms with Gasteiger partial charge in [-0.1, -0.05) is 147 Å². The summed E-state index contributed by atoms with van der Waals surface area (Å²) < 4.78 is 0. The van der Waals surface area contributed by atoms with Crippen molar-refractivity contribution in [3.8, 4) is 22.3 Å². The van der Waals surface area contributed by atoms with Crippen LogP contribution in [0.15, 0.2) is 140 Å². The molecule has 0 bridgehead atoms. The van der Waals surface area contributed by atoms with Crippen LogP contribution in [0.25, 0.3) is 97.7 Å². The van der Waals surface area contributed by atoms with Crippen molar-refractivity contribution in [2.75, 3.05) is 0 Å². The molecular weight excluding hydrogens is 540 g/mol. The van der Waals surface area contributed by atoms with Gasteiger partial charge in [-0.25, -0.2) is 0 Å². The number of fused-ring (bicyclic) bond motifs is 8. The summed E-state index contributed by atoms with van der Waals surface area (Å²) in [4.78, 5) is 0. The molecule has 10 aromatic carbocycles. The average Bonchev–Trinajstić information content (AvgIpc) is 3.59. The molecule has 0 aliphatic rings. The summed E-state index contributed by atoms with van der Waals surface area (Å²) in [5, 5.41) is 19.1. The van der Waals surface area contributed by atoms with Crippen LogP contribution in [0.4, 0.5) is 0 Å². The summed E-state index contributed by atoms with van der Waals surface area (Å²) >= 11 is 0. The molecular formula is C45H30. The molecule has 0 aromatic heterocycles. The lowest BCUT2D eigenvalue weighted by Gasteiger charge is -2.20. The smallest absolute Gasteiger partial charge is 0.00106 e. The lowest BCUT2D eigenvalue weighted by atomic mass is 9.83. The first kappa shape index (κ1) is 24.9. The van der Waals surface area contributed by atoms with Crippen LogP contribution in [0, 0.1) is 0 Å². The Bertz CT molecular complexity index is 2750. The molecule has 45 heavy (non-hydrogen) atoms. The molecule has 0 aliphatic heterocycles. The van der Waals surface area contributed by atoms with Gasteiger partial charge in [0.05, 0.1) is 0 Å². The van der Waals surface area contributed by atoms with Gasteiger partial charge in [0, 0.05) is 0 Å². The second-order valence-corrected chi connectivity index (χ2v) is 12.9. The molecule has 10 aromatic rings. The highest BCUT2D eigenvalue weighted by atomic mass is 14.3. The highest BCUT2D eigenvalue weighted by molar-refractivity contribution is 6.43. The molecule has 0 nitrogen and oxygen atoms in total. The van der Waals surface area contributed by atoms with Crippen molar-refractivity contribution in [1.82, 2.24) is 0 Å². The maximum atomic E-state index is 2.54. The largest absolute Gasteiger partial charge is 0.0622 e. The van der Waals surface area contributed by atoms with Gasteiger partial charge in [-0.3, -0.25) is 0 Å². The van der Waals surface area contributed by atoms with Gasteiger partial charge in [0.25, 0.3) is 0 Å². The molecule has 0 radical (unpaired) electrons. The zero-order valence-electron chi connectivity index (χ0n) is 25.4. The molecule has 0 fully saturated rings. The summed E-state index contributed by atoms with van der Waals surface area (Å²) in [7, 11) is 0. The maximum absolute atomic E-state index is 2.54. The Morgan fingerprint density at radius 2 is 0.867 bits per heavy atom. The van der Waals surface area contributed by atoms with E-state index in [4.69, 9.17) is 0 Å². The Balaban J connectivity index is 1.53. The van der Waals surface area contributed by atoms with Crippen LogP contribution in [-0.2, 0) is 0 Å². The van der Waals surface area contributed by atoms with Gasteiger partial charge in [-0.05, 0) is 115 Å². The quantitative estimate of drug-likeness (QED) is 0.185. The normalized spacial score (nSPS) is 12.4. The second kappa shape index (κ2) is 9.03. The minimum atomic E-state index is 0.341. The molecule has 0 atom stereocenters. The minimum Gasteiger partial charge on any atom is -0.0622 e. The Hall–Kier alpha value is -5.46. The zero-order chi connectivity index (χ0) is 29.8. The summed E-state index contributed by atoms with van der Waals surface area (Å²) in [5.41, 5.74) is 6.65. The van der Waals surface area contributed by atoms with Crippen LogP contribution < -0.4 is 0 Å². The monoisotopic (exact) mass is 570 g/mol. The molecule has 0 amide bonds. The van der Waals surface area contributed by atoms with E-state index in [0.717, 1.165) is 0 Å². The predicted octanol–water partition coefficient (Wildman–Crippen LogP) is 13.1. The van der Waals surface area contributed by atoms with E-state index in [1.807, 2.05) is 0 Å². The van der Waals surface area contributed by atoms with Crippen LogP contribution in [-0.4, -0.2) is 0 Å². The van der Waals surface area contributed by atoms with E-state index in [0.29, 0.717) is 5.92 Å². The van der Waals surface area contributed by atoms with E-state index >= 15 is 0 Å². The third-order valence-corrected chi connectivity index (χ3v) is 10.3. The van der Waals surface area contributed by atoms with Crippen molar-refractivity contribution in [2.45, 2.75) is 19.8 Å². The van der Waals surface area contributed by atoms with Crippen LogP contribution in [0.2, 0.25) is 0 Å². The first-order chi connectivity index (χ1) is 22.2. The van der Waals surface area contributed by atoms with E-state index in [-0.39, 0.29) is 0 Å². The second-order valence-electron chi connectivity index (χ2n) is 12.9. The lowest BCUT2D eigenvalue weighted by Crippen LogP contribution is -1.95. The average molecular weight is 571 g/mol. The fraction of sp³-hybridized carbons (Fsp3) is 0.0667. The summed E-state index contributed by atoms with van der Waals surface area (Å²) in [6.45, 7) is 4.76. The van der Waals surface area contributed by atoms with Crippen molar-refractivity contribution in [1.29, 1.82) is 0 Å². The summed E-state index contributed by atoms with van der Waals surface area (Å²) in [5.74, 6) is 0.341. The zero-order valence-corrected chi connectivity index (χ0v) is 25.4. The molecule has 0 saturated heterocycles. The van der Waals surface area contributed by atoms with Crippen molar-refractivity contribution < 1.29 is 0 Å². The highest BCUT2D eigenvalue weighted by Gasteiger charge is 2.26. The molecule has 0 unspecified atom stereocenters. The third-order valence-electron chi connectivity index (χ3n) is 10.3. The minimum absolute atomic E-state index is 0.341. The van der Waals surface area contributed by atoms with E-state index < -0.39 is 0 Å². The fourth-order valence-electron chi connectivity index (χ4n) is 8.61. The number of hydrogen-bond acceptors (Lipinski definition) is 0. The van der Waals surface area contributed by atoms with Crippen molar-refractivity contribution in [2.24, 2.45) is 0 Å². The lowest BCUT2D eigenvalue weighted by molar-refractivity contribution is 0.886.